The van der Waals surface area contributed by atoms with E-state index in [1.54, 1.807) is 0 Å². The van der Waals surface area contributed by atoms with Crippen LogP contribution in [0.15, 0.2) is 28.1 Å². The largest absolute Gasteiger partial charge is 0.507 e. The first-order chi connectivity index (χ1) is 11.6. The second kappa shape index (κ2) is 6.22. The van der Waals surface area contributed by atoms with Crippen LogP contribution in [0.1, 0.15) is 18.4 Å². The SMILES string of the molecule is O=C1N=C(N2CCN3CCC[C@@H]3C2)S/C1=C\c1cc(F)ccc1O. The predicted molar refractivity (Wildman–Crippen MR) is 92.2 cm³/mol. The van der Waals surface area contributed by atoms with Gasteiger partial charge in [-0.15, -0.1) is 0 Å². The Labute approximate surface area is 143 Å². The van der Waals surface area contributed by atoms with E-state index < -0.39 is 5.82 Å². The van der Waals surface area contributed by atoms with Crippen molar-refractivity contribution in [3.8, 4) is 5.75 Å². The van der Waals surface area contributed by atoms with E-state index in [1.807, 2.05) is 0 Å². The van der Waals surface area contributed by atoms with E-state index in [0.29, 0.717) is 21.7 Å². The molecule has 0 saturated carbocycles. The lowest BCUT2D eigenvalue weighted by Crippen LogP contribution is -2.51. The third-order valence-corrected chi connectivity index (χ3v) is 5.79. The fourth-order valence-electron chi connectivity index (χ4n) is 3.48. The molecule has 0 aromatic heterocycles. The van der Waals surface area contributed by atoms with E-state index in [0.717, 1.165) is 19.6 Å². The Morgan fingerprint density at radius 2 is 2.21 bits per heavy atom. The smallest absolute Gasteiger partial charge is 0.286 e. The minimum atomic E-state index is -0.450. The molecule has 0 radical (unpaired) electrons. The molecule has 24 heavy (non-hydrogen) atoms. The molecule has 3 aliphatic heterocycles. The van der Waals surface area contributed by atoms with Gasteiger partial charge in [0.05, 0.1) is 4.91 Å². The van der Waals surface area contributed by atoms with Gasteiger partial charge in [0.15, 0.2) is 5.17 Å². The third-order valence-electron chi connectivity index (χ3n) is 4.74. The van der Waals surface area contributed by atoms with Crippen LogP contribution in [0.2, 0.25) is 0 Å². The van der Waals surface area contributed by atoms with Crippen LogP contribution in [-0.2, 0) is 4.79 Å². The van der Waals surface area contributed by atoms with E-state index in [9.17, 15) is 14.3 Å². The number of carbonyl (C=O) groups is 1. The molecule has 1 aromatic rings. The third kappa shape index (κ3) is 2.93. The van der Waals surface area contributed by atoms with Crippen molar-refractivity contribution in [1.82, 2.24) is 9.80 Å². The second-order valence-electron chi connectivity index (χ2n) is 6.29. The van der Waals surface area contributed by atoms with Gasteiger partial charge >= 0.3 is 0 Å². The number of fused-ring (bicyclic) bond motifs is 1. The molecule has 126 valence electrons. The monoisotopic (exact) mass is 347 g/mol. The number of nitrogens with zero attached hydrogens (tertiary/aromatic N) is 3. The molecule has 0 bridgehead atoms. The predicted octanol–water partition coefficient (Wildman–Crippen LogP) is 2.28. The number of thioether (sulfide) groups is 1. The van der Waals surface area contributed by atoms with Crippen molar-refractivity contribution < 1.29 is 14.3 Å². The molecule has 0 unspecified atom stereocenters. The van der Waals surface area contributed by atoms with Crippen LogP contribution in [0, 0.1) is 5.82 Å². The minimum absolute atomic E-state index is 0.0506. The molecule has 1 amide bonds. The quantitative estimate of drug-likeness (QED) is 0.790. The maximum atomic E-state index is 13.3. The molecule has 0 spiro atoms. The Morgan fingerprint density at radius 3 is 3.08 bits per heavy atom. The van der Waals surface area contributed by atoms with Crippen LogP contribution in [0.4, 0.5) is 4.39 Å². The highest BCUT2D eigenvalue weighted by atomic mass is 32.2. The van der Waals surface area contributed by atoms with Gasteiger partial charge in [0.2, 0.25) is 0 Å². The van der Waals surface area contributed by atoms with Crippen molar-refractivity contribution in [2.24, 2.45) is 4.99 Å². The fraction of sp³-hybridized carbons (Fsp3) is 0.412. The van der Waals surface area contributed by atoms with Crippen LogP contribution in [0.3, 0.4) is 0 Å². The molecule has 1 atom stereocenters. The molecule has 5 nitrogen and oxygen atoms in total. The Kier molecular flexibility index (Phi) is 4.05. The van der Waals surface area contributed by atoms with Gasteiger partial charge in [0.1, 0.15) is 11.6 Å². The molecule has 1 aromatic carbocycles. The average molecular weight is 347 g/mol. The number of amides is 1. The maximum Gasteiger partial charge on any atom is 0.286 e. The zero-order chi connectivity index (χ0) is 16.7. The first-order valence-corrected chi connectivity index (χ1v) is 8.92. The number of phenolic OH excluding ortho intramolecular Hbond substituents is 1. The van der Waals surface area contributed by atoms with Gasteiger partial charge < -0.3 is 10.0 Å². The number of aliphatic imine (C=N–C) groups is 1. The van der Waals surface area contributed by atoms with Crippen LogP contribution in [0.5, 0.6) is 5.75 Å². The summed E-state index contributed by atoms with van der Waals surface area (Å²) >= 11 is 1.30. The van der Waals surface area contributed by atoms with Crippen LogP contribution < -0.4 is 0 Å². The van der Waals surface area contributed by atoms with E-state index in [-0.39, 0.29) is 11.7 Å². The van der Waals surface area contributed by atoms with Crippen LogP contribution >= 0.6 is 11.8 Å². The number of carbonyl (C=O) groups excluding carboxylic acids is 1. The first kappa shape index (κ1) is 15.7. The number of benzene rings is 1. The number of hydrogen-bond acceptors (Lipinski definition) is 5. The molecular formula is C17H18FN3O2S. The molecule has 7 heteroatoms. The zero-order valence-electron chi connectivity index (χ0n) is 13.1. The summed E-state index contributed by atoms with van der Waals surface area (Å²) in [5, 5.41) is 10.5. The summed E-state index contributed by atoms with van der Waals surface area (Å²) in [4.78, 5) is 21.4. The van der Waals surface area contributed by atoms with Crippen molar-refractivity contribution in [2.75, 3.05) is 26.2 Å². The highest BCUT2D eigenvalue weighted by molar-refractivity contribution is 8.18. The summed E-state index contributed by atoms with van der Waals surface area (Å²) in [5.74, 6) is -0.827. The standard InChI is InChI=1S/C17H18FN3O2S/c18-12-3-4-14(22)11(8-12)9-15-16(23)19-17(24-15)21-7-6-20-5-1-2-13(20)10-21/h3-4,8-9,13,22H,1-2,5-7,10H2/b15-9-/t13-/m1/s1. The Bertz CT molecular complexity index is 749. The summed E-state index contributed by atoms with van der Waals surface area (Å²) < 4.78 is 13.3. The highest BCUT2D eigenvalue weighted by Crippen LogP contribution is 2.33. The summed E-state index contributed by atoms with van der Waals surface area (Å²) in [6.45, 7) is 3.94. The van der Waals surface area contributed by atoms with Gasteiger partial charge in [0, 0.05) is 31.2 Å². The summed E-state index contributed by atoms with van der Waals surface area (Å²) in [6.07, 6.45) is 3.94. The van der Waals surface area contributed by atoms with Crippen molar-refractivity contribution in [3.05, 3.63) is 34.5 Å². The van der Waals surface area contributed by atoms with Gasteiger partial charge in [-0.25, -0.2) is 4.39 Å². The van der Waals surface area contributed by atoms with Gasteiger partial charge in [-0.1, -0.05) is 0 Å². The van der Waals surface area contributed by atoms with E-state index >= 15 is 0 Å². The lowest BCUT2D eigenvalue weighted by molar-refractivity contribution is -0.113. The van der Waals surface area contributed by atoms with Crippen LogP contribution in [-0.4, -0.2) is 58.2 Å². The number of phenols is 1. The molecule has 3 aliphatic rings. The van der Waals surface area contributed by atoms with E-state index in [2.05, 4.69) is 14.8 Å². The van der Waals surface area contributed by atoms with Gasteiger partial charge in [-0.3, -0.25) is 9.69 Å². The van der Waals surface area contributed by atoms with Gasteiger partial charge in [0.25, 0.3) is 5.91 Å². The molecular weight excluding hydrogens is 329 g/mol. The Balaban J connectivity index is 1.51. The Hall–Kier alpha value is -1.86. The minimum Gasteiger partial charge on any atom is -0.507 e. The number of piperazine rings is 1. The molecule has 4 rings (SSSR count). The van der Waals surface area contributed by atoms with Gasteiger partial charge in [-0.2, -0.15) is 4.99 Å². The molecule has 2 fully saturated rings. The van der Waals surface area contributed by atoms with E-state index in [1.165, 1.54) is 55.4 Å². The summed E-state index contributed by atoms with van der Waals surface area (Å²) in [5.41, 5.74) is 0.294. The van der Waals surface area contributed by atoms with Crippen LogP contribution in [0.25, 0.3) is 6.08 Å². The van der Waals surface area contributed by atoms with Gasteiger partial charge in [-0.05, 0) is 55.4 Å². The van der Waals surface area contributed by atoms with Crippen molar-refractivity contribution in [2.45, 2.75) is 18.9 Å². The van der Waals surface area contributed by atoms with Crippen molar-refractivity contribution >= 4 is 28.9 Å². The number of hydrogen-bond donors (Lipinski definition) is 1. The molecule has 1 N–H and O–H groups in total. The molecule has 3 heterocycles. The summed E-state index contributed by atoms with van der Waals surface area (Å²) in [7, 11) is 0. The number of rotatable bonds is 1. The van der Waals surface area contributed by atoms with Crippen molar-refractivity contribution in [3.63, 3.8) is 0 Å². The summed E-state index contributed by atoms with van der Waals surface area (Å²) in [6, 6.07) is 4.24. The number of amidine groups is 1. The maximum absolute atomic E-state index is 13.3. The Morgan fingerprint density at radius 1 is 1.33 bits per heavy atom. The number of aromatic hydroxyl groups is 1. The van der Waals surface area contributed by atoms with Crippen molar-refractivity contribution in [1.29, 1.82) is 0 Å². The zero-order valence-corrected chi connectivity index (χ0v) is 13.9. The average Bonchev–Trinajstić information content (AvgIpc) is 3.17. The van der Waals surface area contributed by atoms with E-state index in [4.69, 9.17) is 0 Å². The number of halogens is 1. The molecule has 0 aliphatic carbocycles. The highest BCUT2D eigenvalue weighted by Gasteiger charge is 2.34. The lowest BCUT2D eigenvalue weighted by atomic mass is 10.2. The normalized spacial score (nSPS) is 26.1. The topological polar surface area (TPSA) is 56.1 Å². The second-order valence-corrected chi connectivity index (χ2v) is 7.30. The first-order valence-electron chi connectivity index (χ1n) is 8.10. The molecule has 2 saturated heterocycles. The fourth-order valence-corrected chi connectivity index (χ4v) is 4.42. The lowest BCUT2D eigenvalue weighted by Gasteiger charge is -2.38.